The number of carbonyl (C=O) groups excluding carboxylic acids is 3. The van der Waals surface area contributed by atoms with E-state index in [0.29, 0.717) is 13.0 Å². The minimum absolute atomic E-state index is 0.0816. The summed E-state index contributed by atoms with van der Waals surface area (Å²) in [6.07, 6.45) is -0.281. The summed E-state index contributed by atoms with van der Waals surface area (Å²) in [5, 5.41) is 0. The summed E-state index contributed by atoms with van der Waals surface area (Å²) in [4.78, 5) is 38.2. The molecule has 1 heterocycles. The zero-order chi connectivity index (χ0) is 19.0. The topological polar surface area (TPSA) is 82.1 Å². The molecule has 1 amide bonds. The smallest absolute Gasteiger partial charge is 0.410 e. The van der Waals surface area contributed by atoms with Crippen LogP contribution in [0, 0.1) is 5.41 Å². The van der Waals surface area contributed by atoms with Crippen LogP contribution in [0.15, 0.2) is 30.3 Å². The van der Waals surface area contributed by atoms with E-state index < -0.39 is 23.4 Å². The quantitative estimate of drug-likeness (QED) is 0.547. The van der Waals surface area contributed by atoms with E-state index in [1.807, 2.05) is 30.3 Å². The number of hydrogen-bond acceptors (Lipinski definition) is 6. The highest BCUT2D eigenvalue weighted by molar-refractivity contribution is 5.85. The summed E-state index contributed by atoms with van der Waals surface area (Å²) < 4.78 is 15.4. The fourth-order valence-corrected chi connectivity index (χ4v) is 2.99. The van der Waals surface area contributed by atoms with Crippen molar-refractivity contribution in [3.8, 4) is 0 Å². The minimum Gasteiger partial charge on any atom is -0.466 e. The lowest BCUT2D eigenvalue weighted by Gasteiger charge is -2.25. The van der Waals surface area contributed by atoms with E-state index in [9.17, 15) is 14.4 Å². The Morgan fingerprint density at radius 2 is 1.73 bits per heavy atom. The molecule has 0 radical (unpaired) electrons. The molecule has 1 aromatic rings. The number of amides is 1. The van der Waals surface area contributed by atoms with Crippen LogP contribution in [0.2, 0.25) is 0 Å². The molecule has 1 atom stereocenters. The van der Waals surface area contributed by atoms with E-state index in [0.717, 1.165) is 5.56 Å². The second-order valence-electron chi connectivity index (χ2n) is 6.19. The Kier molecular flexibility index (Phi) is 7.00. The standard InChI is InChI=1S/C19H25NO6/c1-3-24-16(21)12-19(17(22)25-4-2)10-11-20(14-19)18(23)26-13-15-8-6-5-7-9-15/h5-9H,3-4,10-14H2,1-2H3. The molecular weight excluding hydrogens is 338 g/mol. The zero-order valence-electron chi connectivity index (χ0n) is 15.2. The van der Waals surface area contributed by atoms with Gasteiger partial charge in [-0.05, 0) is 25.8 Å². The van der Waals surface area contributed by atoms with Crippen LogP contribution in [-0.2, 0) is 30.4 Å². The van der Waals surface area contributed by atoms with E-state index in [2.05, 4.69) is 0 Å². The van der Waals surface area contributed by atoms with E-state index in [1.165, 1.54) is 4.90 Å². The molecule has 26 heavy (non-hydrogen) atoms. The van der Waals surface area contributed by atoms with Gasteiger partial charge in [-0.1, -0.05) is 30.3 Å². The van der Waals surface area contributed by atoms with Gasteiger partial charge in [-0.2, -0.15) is 0 Å². The van der Waals surface area contributed by atoms with Crippen LogP contribution in [0.4, 0.5) is 4.79 Å². The Hall–Kier alpha value is -2.57. The van der Waals surface area contributed by atoms with Crippen LogP contribution in [0.5, 0.6) is 0 Å². The number of rotatable bonds is 7. The van der Waals surface area contributed by atoms with Crippen molar-refractivity contribution in [2.45, 2.75) is 33.3 Å². The highest BCUT2D eigenvalue weighted by atomic mass is 16.6. The lowest BCUT2D eigenvalue weighted by Crippen LogP contribution is -2.40. The van der Waals surface area contributed by atoms with Crippen molar-refractivity contribution < 1.29 is 28.6 Å². The molecule has 1 saturated heterocycles. The maximum atomic E-state index is 12.4. The summed E-state index contributed by atoms with van der Waals surface area (Å²) in [6, 6.07) is 9.34. The number of likely N-dealkylation sites (tertiary alicyclic amines) is 1. The molecule has 0 saturated carbocycles. The third-order valence-electron chi connectivity index (χ3n) is 4.31. The Bertz CT molecular complexity index is 632. The van der Waals surface area contributed by atoms with Gasteiger partial charge in [0.2, 0.25) is 0 Å². The molecule has 0 N–H and O–H groups in total. The summed E-state index contributed by atoms with van der Waals surface area (Å²) >= 11 is 0. The average Bonchev–Trinajstić information content (AvgIpc) is 3.06. The van der Waals surface area contributed by atoms with Gasteiger partial charge in [0.1, 0.15) is 6.61 Å². The highest BCUT2D eigenvalue weighted by Crippen LogP contribution is 2.36. The summed E-state index contributed by atoms with van der Waals surface area (Å²) in [5.74, 6) is -0.952. The maximum Gasteiger partial charge on any atom is 0.410 e. The number of carbonyl (C=O) groups is 3. The first-order valence-electron chi connectivity index (χ1n) is 8.79. The van der Waals surface area contributed by atoms with Gasteiger partial charge in [-0.25, -0.2) is 4.79 Å². The van der Waals surface area contributed by atoms with E-state index in [4.69, 9.17) is 14.2 Å². The van der Waals surface area contributed by atoms with Crippen LogP contribution in [0.3, 0.4) is 0 Å². The Labute approximate surface area is 153 Å². The van der Waals surface area contributed by atoms with Gasteiger partial charge in [0.05, 0.1) is 25.0 Å². The number of ether oxygens (including phenoxy) is 3. The number of benzene rings is 1. The number of esters is 2. The van der Waals surface area contributed by atoms with E-state index in [-0.39, 0.29) is 32.8 Å². The van der Waals surface area contributed by atoms with E-state index in [1.54, 1.807) is 13.8 Å². The van der Waals surface area contributed by atoms with Crippen LogP contribution >= 0.6 is 0 Å². The fraction of sp³-hybridized carbons (Fsp3) is 0.526. The summed E-state index contributed by atoms with van der Waals surface area (Å²) in [6.45, 7) is 4.42. The van der Waals surface area contributed by atoms with Crippen molar-refractivity contribution in [1.82, 2.24) is 4.90 Å². The number of nitrogens with zero attached hydrogens (tertiary/aromatic N) is 1. The third-order valence-corrected chi connectivity index (χ3v) is 4.31. The lowest BCUT2D eigenvalue weighted by atomic mass is 9.83. The lowest BCUT2D eigenvalue weighted by molar-refractivity contribution is -0.161. The predicted molar refractivity (Wildman–Crippen MR) is 93.1 cm³/mol. The van der Waals surface area contributed by atoms with E-state index >= 15 is 0 Å². The molecule has 142 valence electrons. The van der Waals surface area contributed by atoms with Crippen molar-refractivity contribution in [3.05, 3.63) is 35.9 Å². The first-order valence-corrected chi connectivity index (χ1v) is 8.79. The second-order valence-corrected chi connectivity index (χ2v) is 6.19. The molecule has 0 aromatic heterocycles. The van der Waals surface area contributed by atoms with Crippen molar-refractivity contribution in [1.29, 1.82) is 0 Å². The summed E-state index contributed by atoms with van der Waals surface area (Å²) in [7, 11) is 0. The molecule has 0 bridgehead atoms. The van der Waals surface area contributed by atoms with Crippen molar-refractivity contribution in [2.24, 2.45) is 5.41 Å². The van der Waals surface area contributed by atoms with Crippen LogP contribution in [0.1, 0.15) is 32.3 Å². The molecule has 1 aliphatic heterocycles. The molecule has 1 aromatic carbocycles. The average molecular weight is 363 g/mol. The molecule has 1 fully saturated rings. The maximum absolute atomic E-state index is 12.4. The molecule has 1 unspecified atom stereocenters. The molecule has 1 aliphatic rings. The zero-order valence-corrected chi connectivity index (χ0v) is 15.2. The molecular formula is C19H25NO6. The highest BCUT2D eigenvalue weighted by Gasteiger charge is 2.49. The molecule has 2 rings (SSSR count). The molecule has 7 heteroatoms. The van der Waals surface area contributed by atoms with Crippen LogP contribution < -0.4 is 0 Å². The fourth-order valence-electron chi connectivity index (χ4n) is 2.99. The number of hydrogen-bond donors (Lipinski definition) is 0. The summed E-state index contributed by atoms with van der Waals surface area (Å²) in [5.41, 5.74) is -0.197. The van der Waals surface area contributed by atoms with Gasteiger partial charge in [0.25, 0.3) is 0 Å². The van der Waals surface area contributed by atoms with Crippen LogP contribution in [0.25, 0.3) is 0 Å². The van der Waals surface area contributed by atoms with Crippen molar-refractivity contribution in [2.75, 3.05) is 26.3 Å². The Morgan fingerprint density at radius 3 is 2.38 bits per heavy atom. The van der Waals surface area contributed by atoms with Gasteiger partial charge < -0.3 is 19.1 Å². The van der Waals surface area contributed by atoms with Crippen molar-refractivity contribution in [3.63, 3.8) is 0 Å². The first kappa shape index (κ1) is 19.8. The molecule has 0 spiro atoms. The van der Waals surface area contributed by atoms with Gasteiger partial charge in [0.15, 0.2) is 0 Å². The van der Waals surface area contributed by atoms with Crippen molar-refractivity contribution >= 4 is 18.0 Å². The largest absolute Gasteiger partial charge is 0.466 e. The normalized spacial score (nSPS) is 19.1. The molecule has 7 nitrogen and oxygen atoms in total. The third kappa shape index (κ3) is 4.97. The Balaban J connectivity index is 2.00. The van der Waals surface area contributed by atoms with Crippen LogP contribution in [-0.4, -0.2) is 49.2 Å². The predicted octanol–water partition coefficient (Wildman–Crippen LogP) is 2.53. The van der Waals surface area contributed by atoms with Gasteiger partial charge in [-0.15, -0.1) is 0 Å². The van der Waals surface area contributed by atoms with Gasteiger partial charge >= 0.3 is 18.0 Å². The molecule has 0 aliphatic carbocycles. The van der Waals surface area contributed by atoms with Gasteiger partial charge in [-0.3, -0.25) is 9.59 Å². The SMILES string of the molecule is CCOC(=O)CC1(C(=O)OCC)CCN(C(=O)OCc2ccccc2)C1. The Morgan fingerprint density at radius 1 is 1.04 bits per heavy atom. The monoisotopic (exact) mass is 363 g/mol. The van der Waals surface area contributed by atoms with Gasteiger partial charge in [0, 0.05) is 13.1 Å². The second kappa shape index (κ2) is 9.22. The first-order chi connectivity index (χ1) is 12.5. The minimum atomic E-state index is -1.08.